The molecule has 0 amide bonds. The van der Waals surface area contributed by atoms with Gasteiger partial charge in [0.25, 0.3) is 0 Å². The SMILES string of the molecule is Cc1nc(NCc2ccc(S(C)(=O)=O)cc2)sc1C(=O)O. The summed E-state index contributed by atoms with van der Waals surface area (Å²) in [4.78, 5) is 15.5. The Kier molecular flexibility index (Phi) is 4.29. The minimum absolute atomic E-state index is 0.213. The molecule has 0 spiro atoms. The zero-order valence-corrected chi connectivity index (χ0v) is 13.1. The van der Waals surface area contributed by atoms with E-state index in [0.29, 0.717) is 17.4 Å². The van der Waals surface area contributed by atoms with E-state index in [1.807, 2.05) is 0 Å². The summed E-state index contributed by atoms with van der Waals surface area (Å²) in [5.41, 5.74) is 1.36. The molecule has 1 aromatic heterocycles. The zero-order chi connectivity index (χ0) is 15.6. The highest BCUT2D eigenvalue weighted by molar-refractivity contribution is 7.90. The summed E-state index contributed by atoms with van der Waals surface area (Å²) in [5.74, 6) is -0.990. The molecule has 0 unspecified atom stereocenters. The summed E-state index contributed by atoms with van der Waals surface area (Å²) in [6.07, 6.45) is 1.16. The maximum absolute atomic E-state index is 11.3. The van der Waals surface area contributed by atoms with Crippen molar-refractivity contribution in [2.24, 2.45) is 0 Å². The Morgan fingerprint density at radius 1 is 1.33 bits per heavy atom. The second-order valence-electron chi connectivity index (χ2n) is 4.51. The molecule has 0 radical (unpaired) electrons. The van der Waals surface area contributed by atoms with Gasteiger partial charge in [0, 0.05) is 12.8 Å². The molecule has 1 heterocycles. The minimum Gasteiger partial charge on any atom is -0.477 e. The van der Waals surface area contributed by atoms with E-state index in [9.17, 15) is 13.2 Å². The van der Waals surface area contributed by atoms with Crippen LogP contribution in [0.15, 0.2) is 29.2 Å². The molecule has 21 heavy (non-hydrogen) atoms. The van der Waals surface area contributed by atoms with Crippen LogP contribution in [-0.4, -0.2) is 30.7 Å². The number of nitrogens with one attached hydrogen (secondary N) is 1. The fourth-order valence-corrected chi connectivity index (χ4v) is 3.13. The maximum Gasteiger partial charge on any atom is 0.347 e. The van der Waals surface area contributed by atoms with E-state index in [1.165, 1.54) is 0 Å². The molecule has 0 bridgehead atoms. The van der Waals surface area contributed by atoms with Gasteiger partial charge in [0.15, 0.2) is 15.0 Å². The lowest BCUT2D eigenvalue weighted by Gasteiger charge is -2.04. The first kappa shape index (κ1) is 15.5. The average Bonchev–Trinajstić information content (AvgIpc) is 2.77. The van der Waals surface area contributed by atoms with Crippen LogP contribution >= 0.6 is 11.3 Å². The van der Waals surface area contributed by atoms with Crippen LogP contribution in [0.5, 0.6) is 0 Å². The molecule has 8 heteroatoms. The van der Waals surface area contributed by atoms with Crippen molar-refractivity contribution in [3.63, 3.8) is 0 Å². The number of thiazole rings is 1. The van der Waals surface area contributed by atoms with E-state index in [4.69, 9.17) is 5.11 Å². The van der Waals surface area contributed by atoms with Gasteiger partial charge < -0.3 is 10.4 Å². The van der Waals surface area contributed by atoms with E-state index in [-0.39, 0.29) is 9.77 Å². The Bertz CT molecular complexity index is 764. The third-order valence-corrected chi connectivity index (χ3v) is 5.02. The highest BCUT2D eigenvalue weighted by Crippen LogP contribution is 2.23. The summed E-state index contributed by atoms with van der Waals surface area (Å²) in [6.45, 7) is 2.09. The molecule has 2 aromatic rings. The monoisotopic (exact) mass is 326 g/mol. The average molecular weight is 326 g/mol. The zero-order valence-electron chi connectivity index (χ0n) is 11.5. The molecule has 0 aliphatic heterocycles. The second kappa shape index (κ2) is 5.82. The van der Waals surface area contributed by atoms with Crippen LogP contribution in [-0.2, 0) is 16.4 Å². The number of nitrogens with zero attached hydrogens (tertiary/aromatic N) is 1. The van der Waals surface area contributed by atoms with Crippen molar-refractivity contribution in [2.75, 3.05) is 11.6 Å². The normalized spacial score (nSPS) is 11.3. The molecular formula is C13H14N2O4S2. The molecule has 0 saturated heterocycles. The van der Waals surface area contributed by atoms with Gasteiger partial charge in [-0.15, -0.1) is 0 Å². The van der Waals surface area contributed by atoms with E-state index in [1.54, 1.807) is 31.2 Å². The Morgan fingerprint density at radius 3 is 2.43 bits per heavy atom. The lowest BCUT2D eigenvalue weighted by atomic mass is 10.2. The highest BCUT2D eigenvalue weighted by atomic mass is 32.2. The van der Waals surface area contributed by atoms with Crippen molar-refractivity contribution >= 4 is 32.3 Å². The van der Waals surface area contributed by atoms with Crippen LogP contribution in [0.4, 0.5) is 5.13 Å². The van der Waals surface area contributed by atoms with Gasteiger partial charge in [-0.05, 0) is 24.6 Å². The van der Waals surface area contributed by atoms with Crippen molar-refractivity contribution in [3.05, 3.63) is 40.4 Å². The van der Waals surface area contributed by atoms with Gasteiger partial charge in [0.1, 0.15) is 4.88 Å². The molecule has 1 aromatic carbocycles. The molecular weight excluding hydrogens is 312 g/mol. The number of aryl methyl sites for hydroxylation is 1. The number of aromatic carboxylic acids is 1. The Hall–Kier alpha value is -1.93. The highest BCUT2D eigenvalue weighted by Gasteiger charge is 2.13. The van der Waals surface area contributed by atoms with Crippen molar-refractivity contribution in [2.45, 2.75) is 18.4 Å². The number of carboxylic acids is 1. The van der Waals surface area contributed by atoms with Gasteiger partial charge in [-0.2, -0.15) is 0 Å². The van der Waals surface area contributed by atoms with Gasteiger partial charge in [-0.3, -0.25) is 0 Å². The minimum atomic E-state index is -3.19. The summed E-state index contributed by atoms with van der Waals surface area (Å²) in [5, 5.41) is 12.5. The number of hydrogen-bond acceptors (Lipinski definition) is 6. The van der Waals surface area contributed by atoms with Crippen LogP contribution in [0.25, 0.3) is 0 Å². The lowest BCUT2D eigenvalue weighted by molar-refractivity contribution is 0.0701. The van der Waals surface area contributed by atoms with E-state index in [0.717, 1.165) is 23.2 Å². The first-order valence-corrected chi connectivity index (χ1v) is 8.72. The van der Waals surface area contributed by atoms with Crippen molar-refractivity contribution in [1.82, 2.24) is 4.98 Å². The Balaban J connectivity index is 2.06. The molecule has 0 fully saturated rings. The third-order valence-electron chi connectivity index (χ3n) is 2.79. The number of hydrogen-bond donors (Lipinski definition) is 2. The van der Waals surface area contributed by atoms with Crippen molar-refractivity contribution < 1.29 is 18.3 Å². The Labute approximate surface area is 126 Å². The van der Waals surface area contributed by atoms with Crippen LogP contribution in [0.3, 0.4) is 0 Å². The first-order valence-electron chi connectivity index (χ1n) is 6.01. The number of benzene rings is 1. The number of aromatic nitrogens is 1. The van der Waals surface area contributed by atoms with Crippen LogP contribution in [0.1, 0.15) is 20.9 Å². The van der Waals surface area contributed by atoms with Gasteiger partial charge in [-0.1, -0.05) is 23.5 Å². The summed E-state index contributed by atoms with van der Waals surface area (Å²) >= 11 is 1.08. The van der Waals surface area contributed by atoms with Crippen LogP contribution in [0.2, 0.25) is 0 Å². The number of sulfone groups is 1. The van der Waals surface area contributed by atoms with Crippen LogP contribution in [0, 0.1) is 6.92 Å². The van der Waals surface area contributed by atoms with Gasteiger partial charge in [0.05, 0.1) is 10.6 Å². The predicted octanol–water partition coefficient (Wildman–Crippen LogP) is 2.17. The largest absolute Gasteiger partial charge is 0.477 e. The standard InChI is InChI=1S/C13H14N2O4S2/c1-8-11(12(16)17)20-13(15-8)14-7-9-3-5-10(6-4-9)21(2,18)19/h3-6H,7H2,1-2H3,(H,14,15)(H,16,17). The van der Waals surface area contributed by atoms with Gasteiger partial charge in [-0.25, -0.2) is 18.2 Å². The number of carbonyl (C=O) groups is 1. The molecule has 0 saturated carbocycles. The molecule has 2 N–H and O–H groups in total. The molecule has 112 valence electrons. The fraction of sp³-hybridized carbons (Fsp3) is 0.231. The number of rotatable bonds is 5. The second-order valence-corrected chi connectivity index (χ2v) is 7.52. The Morgan fingerprint density at radius 2 is 1.95 bits per heavy atom. The van der Waals surface area contributed by atoms with E-state index >= 15 is 0 Å². The van der Waals surface area contributed by atoms with Gasteiger partial charge in [0.2, 0.25) is 0 Å². The molecule has 0 aliphatic carbocycles. The smallest absolute Gasteiger partial charge is 0.347 e. The molecule has 2 rings (SSSR count). The van der Waals surface area contributed by atoms with Crippen LogP contribution < -0.4 is 5.32 Å². The maximum atomic E-state index is 11.3. The summed E-state index contributed by atoms with van der Waals surface area (Å²) in [6, 6.07) is 6.51. The first-order chi connectivity index (χ1) is 9.77. The number of carboxylic acid groups (broad SMARTS) is 1. The quantitative estimate of drug-likeness (QED) is 0.874. The van der Waals surface area contributed by atoms with Gasteiger partial charge >= 0.3 is 5.97 Å². The molecule has 0 atom stereocenters. The summed E-state index contributed by atoms with van der Waals surface area (Å²) in [7, 11) is -3.19. The van der Waals surface area contributed by atoms with Crippen molar-refractivity contribution in [1.29, 1.82) is 0 Å². The molecule has 6 nitrogen and oxygen atoms in total. The topological polar surface area (TPSA) is 96.4 Å². The van der Waals surface area contributed by atoms with E-state index < -0.39 is 15.8 Å². The fourth-order valence-electron chi connectivity index (χ4n) is 1.70. The molecule has 0 aliphatic rings. The lowest BCUT2D eigenvalue weighted by Crippen LogP contribution is -2.01. The van der Waals surface area contributed by atoms with Crippen molar-refractivity contribution in [3.8, 4) is 0 Å². The predicted molar refractivity (Wildman–Crippen MR) is 80.7 cm³/mol. The van der Waals surface area contributed by atoms with E-state index in [2.05, 4.69) is 10.3 Å². The number of anilines is 1. The third kappa shape index (κ3) is 3.79. The summed E-state index contributed by atoms with van der Waals surface area (Å²) < 4.78 is 22.7.